The van der Waals surface area contributed by atoms with E-state index in [1.54, 1.807) is 25.1 Å². The van der Waals surface area contributed by atoms with Gasteiger partial charge in [0, 0.05) is 5.92 Å². The summed E-state index contributed by atoms with van der Waals surface area (Å²) in [6, 6.07) is 28.0. The van der Waals surface area contributed by atoms with Gasteiger partial charge in [0.05, 0.1) is 6.61 Å². The fourth-order valence-electron chi connectivity index (χ4n) is 5.05. The molecule has 0 aromatic heterocycles. The maximum absolute atomic E-state index is 13.2. The predicted octanol–water partition coefficient (Wildman–Crippen LogP) is 4.78. The zero-order valence-electron chi connectivity index (χ0n) is 22.3. The number of ether oxygens (including phenoxy) is 2. The molecule has 4 aromatic carbocycles. The Labute approximate surface area is 238 Å². The minimum absolute atomic E-state index is 0.00533. The smallest absolute Gasteiger partial charge is 0.339 e. The fourth-order valence-corrected chi connectivity index (χ4v) is 6.00. The second-order valence-electron chi connectivity index (χ2n) is 9.53. The molecular formula is C32H29NO7S. The van der Waals surface area contributed by atoms with Crippen molar-refractivity contribution in [2.45, 2.75) is 29.7 Å². The van der Waals surface area contributed by atoms with Crippen LogP contribution in [0.25, 0.3) is 11.1 Å². The third kappa shape index (κ3) is 5.86. The van der Waals surface area contributed by atoms with E-state index in [0.717, 1.165) is 22.3 Å². The average molecular weight is 572 g/mol. The van der Waals surface area contributed by atoms with Crippen molar-refractivity contribution in [2.75, 3.05) is 13.2 Å². The number of nitrogens with two attached hydrogens (primary N) is 1. The van der Waals surface area contributed by atoms with Gasteiger partial charge in [-0.05, 0) is 59.0 Å². The summed E-state index contributed by atoms with van der Waals surface area (Å²) in [5.41, 5.74) is 11.0. The molecule has 0 fully saturated rings. The molecule has 1 aliphatic rings. The summed E-state index contributed by atoms with van der Waals surface area (Å²) in [7, 11) is -4.05. The Morgan fingerprint density at radius 3 is 1.90 bits per heavy atom. The van der Waals surface area contributed by atoms with Gasteiger partial charge in [0.1, 0.15) is 29.2 Å². The zero-order chi connectivity index (χ0) is 29.0. The molecule has 0 radical (unpaired) electrons. The van der Waals surface area contributed by atoms with Crippen molar-refractivity contribution in [3.8, 4) is 16.9 Å². The SMILES string of the molecule is CCOC(=O)C(c1ccc(OS(=O)(=O)c2ccccc2)cc1)C(N)C(=O)OCC1c2ccccc2-c2ccccc21. The number of rotatable bonds is 10. The first-order valence-electron chi connectivity index (χ1n) is 13.2. The highest BCUT2D eigenvalue weighted by Crippen LogP contribution is 2.44. The standard InChI is InChI=1S/C32H29NO7S/c1-2-38-31(34)29(21-16-18-22(19-17-21)40-41(36,37)23-10-4-3-5-11-23)30(33)32(35)39-20-28-26-14-8-6-12-24(26)25-13-7-9-15-27(25)28/h3-19,28-30H,2,20,33H2,1H3. The van der Waals surface area contributed by atoms with E-state index < -0.39 is 34.0 Å². The molecule has 41 heavy (non-hydrogen) atoms. The monoisotopic (exact) mass is 571 g/mol. The molecule has 1 aliphatic carbocycles. The number of carbonyl (C=O) groups is 2. The van der Waals surface area contributed by atoms with Crippen LogP contribution in [-0.4, -0.2) is 39.6 Å². The summed E-state index contributed by atoms with van der Waals surface area (Å²) in [6.45, 7) is 1.79. The van der Waals surface area contributed by atoms with Crippen LogP contribution in [0.1, 0.15) is 35.4 Å². The number of benzene rings is 4. The topological polar surface area (TPSA) is 122 Å². The van der Waals surface area contributed by atoms with Gasteiger partial charge in [-0.15, -0.1) is 0 Å². The highest BCUT2D eigenvalue weighted by molar-refractivity contribution is 7.87. The lowest BCUT2D eigenvalue weighted by atomic mass is 9.91. The van der Waals surface area contributed by atoms with Gasteiger partial charge in [-0.2, -0.15) is 8.42 Å². The van der Waals surface area contributed by atoms with Gasteiger partial charge in [0.2, 0.25) is 0 Å². The molecule has 0 saturated heterocycles. The molecule has 2 atom stereocenters. The van der Waals surface area contributed by atoms with Crippen LogP contribution in [0.4, 0.5) is 0 Å². The molecular weight excluding hydrogens is 542 g/mol. The first-order valence-corrected chi connectivity index (χ1v) is 14.6. The lowest BCUT2D eigenvalue weighted by Gasteiger charge is -2.23. The third-order valence-electron chi connectivity index (χ3n) is 7.00. The molecule has 0 saturated carbocycles. The van der Waals surface area contributed by atoms with Crippen LogP contribution in [0.3, 0.4) is 0 Å². The molecule has 9 heteroatoms. The minimum Gasteiger partial charge on any atom is -0.465 e. The molecule has 0 spiro atoms. The maximum Gasteiger partial charge on any atom is 0.339 e. The van der Waals surface area contributed by atoms with Gasteiger partial charge in [0.25, 0.3) is 0 Å². The number of fused-ring (bicyclic) bond motifs is 3. The van der Waals surface area contributed by atoms with Crippen LogP contribution >= 0.6 is 0 Å². The Morgan fingerprint density at radius 1 is 0.756 bits per heavy atom. The quantitative estimate of drug-likeness (QED) is 0.213. The third-order valence-corrected chi connectivity index (χ3v) is 8.27. The molecule has 0 amide bonds. The Kier molecular flexibility index (Phi) is 8.19. The average Bonchev–Trinajstić information content (AvgIpc) is 3.31. The van der Waals surface area contributed by atoms with E-state index in [0.29, 0.717) is 5.56 Å². The molecule has 0 heterocycles. The molecule has 2 N–H and O–H groups in total. The van der Waals surface area contributed by atoms with Crippen LogP contribution in [0.5, 0.6) is 5.75 Å². The predicted molar refractivity (Wildman–Crippen MR) is 153 cm³/mol. The van der Waals surface area contributed by atoms with E-state index in [1.165, 1.54) is 36.4 Å². The molecule has 8 nitrogen and oxygen atoms in total. The van der Waals surface area contributed by atoms with E-state index in [4.69, 9.17) is 19.4 Å². The lowest BCUT2D eigenvalue weighted by Crippen LogP contribution is -2.42. The highest BCUT2D eigenvalue weighted by atomic mass is 32.2. The van der Waals surface area contributed by atoms with Crippen LogP contribution in [-0.2, 0) is 29.2 Å². The zero-order valence-corrected chi connectivity index (χ0v) is 23.1. The number of hydrogen-bond acceptors (Lipinski definition) is 8. The molecule has 5 rings (SSSR count). The van der Waals surface area contributed by atoms with Gasteiger partial charge >= 0.3 is 22.1 Å². The summed E-state index contributed by atoms with van der Waals surface area (Å²) < 4.78 is 41.3. The maximum atomic E-state index is 13.2. The van der Waals surface area contributed by atoms with E-state index in [1.807, 2.05) is 48.5 Å². The fraction of sp³-hybridized carbons (Fsp3) is 0.188. The number of esters is 2. The second kappa shape index (κ2) is 12.0. The Hall–Kier alpha value is -4.47. The van der Waals surface area contributed by atoms with Crippen molar-refractivity contribution in [3.05, 3.63) is 120 Å². The number of carbonyl (C=O) groups excluding carboxylic acids is 2. The van der Waals surface area contributed by atoms with Gasteiger partial charge in [-0.1, -0.05) is 78.9 Å². The van der Waals surface area contributed by atoms with E-state index >= 15 is 0 Å². The second-order valence-corrected chi connectivity index (χ2v) is 11.1. The Balaban J connectivity index is 1.32. The molecule has 2 unspecified atom stereocenters. The van der Waals surface area contributed by atoms with Crippen LogP contribution in [0.15, 0.2) is 108 Å². The summed E-state index contributed by atoms with van der Waals surface area (Å²) in [4.78, 5) is 26.1. The van der Waals surface area contributed by atoms with Crippen molar-refractivity contribution < 1.29 is 31.7 Å². The first-order chi connectivity index (χ1) is 19.8. The van der Waals surface area contributed by atoms with Crippen molar-refractivity contribution in [2.24, 2.45) is 5.73 Å². The highest BCUT2D eigenvalue weighted by Gasteiger charge is 2.36. The first kappa shape index (κ1) is 28.1. The van der Waals surface area contributed by atoms with Gasteiger partial charge in [0.15, 0.2) is 0 Å². The van der Waals surface area contributed by atoms with E-state index in [9.17, 15) is 18.0 Å². The molecule has 0 bridgehead atoms. The minimum atomic E-state index is -4.05. The van der Waals surface area contributed by atoms with Crippen LogP contribution in [0, 0.1) is 0 Å². The Morgan fingerprint density at radius 2 is 1.32 bits per heavy atom. The Bertz CT molecular complexity index is 1610. The molecule has 0 aliphatic heterocycles. The van der Waals surface area contributed by atoms with Gasteiger partial charge in [-0.3, -0.25) is 9.59 Å². The largest absolute Gasteiger partial charge is 0.465 e. The van der Waals surface area contributed by atoms with Crippen molar-refractivity contribution >= 4 is 22.1 Å². The van der Waals surface area contributed by atoms with Crippen molar-refractivity contribution in [3.63, 3.8) is 0 Å². The van der Waals surface area contributed by atoms with Crippen molar-refractivity contribution in [1.29, 1.82) is 0 Å². The molecule has 210 valence electrons. The van der Waals surface area contributed by atoms with Crippen LogP contribution < -0.4 is 9.92 Å². The van der Waals surface area contributed by atoms with E-state index in [2.05, 4.69) is 0 Å². The molecule has 4 aromatic rings. The normalized spacial score (nSPS) is 13.9. The van der Waals surface area contributed by atoms with Crippen molar-refractivity contribution in [1.82, 2.24) is 0 Å². The summed E-state index contributed by atoms with van der Waals surface area (Å²) in [6.07, 6.45) is 0. The van der Waals surface area contributed by atoms with E-state index in [-0.39, 0.29) is 29.8 Å². The van der Waals surface area contributed by atoms with Crippen LogP contribution in [0.2, 0.25) is 0 Å². The van der Waals surface area contributed by atoms with Gasteiger partial charge in [-0.25, -0.2) is 0 Å². The summed E-state index contributed by atoms with van der Waals surface area (Å²) in [5, 5.41) is 0. The summed E-state index contributed by atoms with van der Waals surface area (Å²) in [5.74, 6) is -2.75. The number of hydrogen-bond donors (Lipinski definition) is 1. The summed E-state index contributed by atoms with van der Waals surface area (Å²) >= 11 is 0. The van der Waals surface area contributed by atoms with Gasteiger partial charge < -0.3 is 19.4 Å². The lowest BCUT2D eigenvalue weighted by molar-refractivity contribution is -0.153.